The van der Waals surface area contributed by atoms with Crippen LogP contribution < -0.4 is 10.5 Å². The van der Waals surface area contributed by atoms with Crippen molar-refractivity contribution in [1.82, 2.24) is 14.1 Å². The van der Waals surface area contributed by atoms with E-state index in [2.05, 4.69) is 16.6 Å². The number of nitrogens with one attached hydrogen (secondary N) is 1. The maximum atomic E-state index is 12.6. The number of aromatic nitrogens is 2. The Morgan fingerprint density at radius 2 is 2.33 bits per heavy atom. The zero-order chi connectivity index (χ0) is 15.1. The molecule has 1 aliphatic rings. The summed E-state index contributed by atoms with van der Waals surface area (Å²) < 4.78 is 29.3. The zero-order valence-corrected chi connectivity index (χ0v) is 13.4. The van der Waals surface area contributed by atoms with Gasteiger partial charge in [-0.2, -0.15) is 11.8 Å². The summed E-state index contributed by atoms with van der Waals surface area (Å²) in [5, 5.41) is 0.0182. The van der Waals surface area contributed by atoms with Gasteiger partial charge in [-0.05, 0) is 37.7 Å². The topological polar surface area (TPSA) is 89.5 Å². The van der Waals surface area contributed by atoms with Gasteiger partial charge in [0.15, 0.2) is 10.8 Å². The maximum Gasteiger partial charge on any atom is 0.260 e. The lowest BCUT2D eigenvalue weighted by atomic mass is 10.1. The Labute approximate surface area is 128 Å². The SMILES string of the molecule is CC1(CNS(=O)(=O)c2c(N)nc3ccccn23)CCCS1. The van der Waals surface area contributed by atoms with Gasteiger partial charge < -0.3 is 5.73 Å². The van der Waals surface area contributed by atoms with E-state index in [9.17, 15) is 8.42 Å². The lowest BCUT2D eigenvalue weighted by molar-refractivity contribution is 0.549. The average Bonchev–Trinajstić information content (AvgIpc) is 3.00. The number of fused-ring (bicyclic) bond motifs is 1. The fraction of sp³-hybridized carbons (Fsp3) is 0.462. The van der Waals surface area contributed by atoms with E-state index in [-0.39, 0.29) is 15.6 Å². The molecule has 3 N–H and O–H groups in total. The van der Waals surface area contributed by atoms with E-state index in [0.717, 1.165) is 18.6 Å². The van der Waals surface area contributed by atoms with Crippen LogP contribution >= 0.6 is 11.8 Å². The van der Waals surface area contributed by atoms with Crippen LogP contribution in [0.25, 0.3) is 5.65 Å². The summed E-state index contributed by atoms with van der Waals surface area (Å²) >= 11 is 1.81. The summed E-state index contributed by atoms with van der Waals surface area (Å²) in [4.78, 5) is 4.09. The van der Waals surface area contributed by atoms with Gasteiger partial charge in [-0.15, -0.1) is 0 Å². The van der Waals surface area contributed by atoms with E-state index in [4.69, 9.17) is 5.73 Å². The smallest absolute Gasteiger partial charge is 0.260 e. The van der Waals surface area contributed by atoms with Crippen molar-refractivity contribution >= 4 is 33.3 Å². The number of imidazole rings is 1. The van der Waals surface area contributed by atoms with Gasteiger partial charge >= 0.3 is 0 Å². The van der Waals surface area contributed by atoms with Crippen molar-refractivity contribution < 1.29 is 8.42 Å². The summed E-state index contributed by atoms with van der Waals surface area (Å²) in [6.07, 6.45) is 3.79. The summed E-state index contributed by atoms with van der Waals surface area (Å²) in [5.74, 6) is 1.11. The molecule has 1 aliphatic heterocycles. The van der Waals surface area contributed by atoms with Crippen LogP contribution in [0, 0.1) is 0 Å². The fourth-order valence-corrected chi connectivity index (χ4v) is 5.27. The molecule has 1 fully saturated rings. The number of sulfonamides is 1. The van der Waals surface area contributed by atoms with Crippen LogP contribution in [0.2, 0.25) is 0 Å². The first kappa shape index (κ1) is 14.7. The molecular formula is C13H18N4O2S2. The average molecular weight is 326 g/mol. The maximum absolute atomic E-state index is 12.6. The third-order valence-corrected chi connectivity index (χ3v) is 6.68. The molecule has 0 saturated carbocycles. The minimum atomic E-state index is -3.69. The van der Waals surface area contributed by atoms with Gasteiger partial charge in [0, 0.05) is 17.5 Å². The van der Waals surface area contributed by atoms with Crippen molar-refractivity contribution in [3.63, 3.8) is 0 Å². The lowest BCUT2D eigenvalue weighted by Crippen LogP contribution is -2.37. The van der Waals surface area contributed by atoms with Crippen LogP contribution in [0.1, 0.15) is 19.8 Å². The number of hydrogen-bond donors (Lipinski definition) is 2. The first-order valence-corrected chi connectivity index (χ1v) is 9.24. The quantitative estimate of drug-likeness (QED) is 0.888. The molecule has 8 heteroatoms. The van der Waals surface area contributed by atoms with E-state index >= 15 is 0 Å². The highest BCUT2D eigenvalue weighted by molar-refractivity contribution is 8.01. The molecule has 0 aliphatic carbocycles. The zero-order valence-electron chi connectivity index (χ0n) is 11.7. The van der Waals surface area contributed by atoms with Crippen LogP contribution in [-0.4, -0.2) is 34.8 Å². The van der Waals surface area contributed by atoms with E-state index in [0.29, 0.717) is 12.2 Å². The Morgan fingerprint density at radius 3 is 3.05 bits per heavy atom. The molecule has 21 heavy (non-hydrogen) atoms. The van der Waals surface area contributed by atoms with Gasteiger partial charge in [-0.3, -0.25) is 4.40 Å². The molecule has 0 amide bonds. The van der Waals surface area contributed by atoms with Crippen molar-refractivity contribution in [2.45, 2.75) is 29.5 Å². The molecule has 6 nitrogen and oxygen atoms in total. The molecule has 0 spiro atoms. The Balaban J connectivity index is 1.91. The molecule has 0 bridgehead atoms. The molecule has 3 rings (SSSR count). The third kappa shape index (κ3) is 2.75. The van der Waals surface area contributed by atoms with Gasteiger partial charge in [0.1, 0.15) is 5.65 Å². The number of rotatable bonds is 4. The van der Waals surface area contributed by atoms with E-state index in [1.807, 2.05) is 11.8 Å². The predicted octanol–water partition coefficient (Wildman–Crippen LogP) is 1.48. The lowest BCUT2D eigenvalue weighted by Gasteiger charge is -2.22. The highest BCUT2D eigenvalue weighted by Crippen LogP contribution is 2.37. The fourth-order valence-electron chi connectivity index (χ4n) is 2.55. The van der Waals surface area contributed by atoms with E-state index < -0.39 is 10.0 Å². The Morgan fingerprint density at radius 1 is 1.52 bits per heavy atom. The first-order valence-electron chi connectivity index (χ1n) is 6.78. The van der Waals surface area contributed by atoms with Gasteiger partial charge in [-0.25, -0.2) is 18.1 Å². The normalized spacial score (nSPS) is 22.9. The predicted molar refractivity (Wildman–Crippen MR) is 84.9 cm³/mol. The van der Waals surface area contributed by atoms with Crippen molar-refractivity contribution in [1.29, 1.82) is 0 Å². The van der Waals surface area contributed by atoms with Crippen LogP contribution in [-0.2, 0) is 10.0 Å². The second kappa shape index (κ2) is 5.19. The molecule has 0 radical (unpaired) electrons. The minimum absolute atomic E-state index is 0.0182. The Hall–Kier alpha value is -1.25. The molecule has 114 valence electrons. The van der Waals surface area contributed by atoms with E-state index in [1.54, 1.807) is 24.4 Å². The second-order valence-electron chi connectivity index (χ2n) is 5.46. The van der Waals surface area contributed by atoms with Crippen molar-refractivity contribution in [3.8, 4) is 0 Å². The number of anilines is 1. The van der Waals surface area contributed by atoms with E-state index in [1.165, 1.54) is 4.40 Å². The molecule has 3 heterocycles. The van der Waals surface area contributed by atoms with Crippen molar-refractivity contribution in [2.75, 3.05) is 18.0 Å². The first-order chi connectivity index (χ1) is 9.91. The molecule has 2 aromatic heterocycles. The molecule has 1 unspecified atom stereocenters. The van der Waals surface area contributed by atoms with Crippen molar-refractivity contribution in [3.05, 3.63) is 24.4 Å². The Bertz CT molecular complexity index is 764. The van der Waals surface area contributed by atoms with Gasteiger partial charge in [0.2, 0.25) is 0 Å². The summed E-state index contributed by atoms with van der Waals surface area (Å²) in [7, 11) is -3.69. The molecule has 2 aromatic rings. The number of thioether (sulfide) groups is 1. The van der Waals surface area contributed by atoms with Crippen LogP contribution in [0.3, 0.4) is 0 Å². The second-order valence-corrected chi connectivity index (χ2v) is 8.82. The molecular weight excluding hydrogens is 308 g/mol. The number of pyridine rings is 1. The highest BCUT2D eigenvalue weighted by atomic mass is 32.2. The van der Waals surface area contributed by atoms with Crippen LogP contribution in [0.4, 0.5) is 5.82 Å². The van der Waals surface area contributed by atoms with Crippen molar-refractivity contribution in [2.24, 2.45) is 0 Å². The summed E-state index contributed by atoms with van der Waals surface area (Å²) in [6, 6.07) is 5.27. The number of hydrogen-bond acceptors (Lipinski definition) is 5. The number of nitrogens with two attached hydrogens (primary N) is 1. The van der Waals surface area contributed by atoms with Gasteiger partial charge in [0.25, 0.3) is 10.0 Å². The molecule has 1 atom stereocenters. The largest absolute Gasteiger partial charge is 0.381 e. The summed E-state index contributed by atoms with van der Waals surface area (Å²) in [5.41, 5.74) is 6.32. The number of nitrogens with zero attached hydrogens (tertiary/aromatic N) is 2. The number of nitrogen functional groups attached to an aromatic ring is 1. The van der Waals surface area contributed by atoms with Gasteiger partial charge in [0.05, 0.1) is 0 Å². The summed E-state index contributed by atoms with van der Waals surface area (Å²) in [6.45, 7) is 2.49. The minimum Gasteiger partial charge on any atom is -0.381 e. The van der Waals surface area contributed by atoms with Gasteiger partial charge in [-0.1, -0.05) is 6.07 Å². The Kier molecular flexibility index (Phi) is 3.62. The highest BCUT2D eigenvalue weighted by Gasteiger charge is 2.32. The van der Waals surface area contributed by atoms with Crippen LogP contribution in [0.15, 0.2) is 29.4 Å². The molecule has 1 saturated heterocycles. The molecule has 0 aromatic carbocycles. The monoisotopic (exact) mass is 326 g/mol. The third-order valence-electron chi connectivity index (χ3n) is 3.70. The standard InChI is InChI=1S/C13H18N4O2S2/c1-13(6-4-8-20-13)9-15-21(18,19)12-11(14)16-10-5-2-3-7-17(10)12/h2-3,5,7,15H,4,6,8-9,14H2,1H3. The van der Waals surface area contributed by atoms with Crippen LogP contribution in [0.5, 0.6) is 0 Å².